The minimum absolute atomic E-state index is 0.0462. The molecule has 29 heavy (non-hydrogen) atoms. The van der Waals surface area contributed by atoms with E-state index in [-0.39, 0.29) is 18.0 Å². The van der Waals surface area contributed by atoms with E-state index in [9.17, 15) is 9.59 Å². The van der Waals surface area contributed by atoms with Gasteiger partial charge in [0.25, 0.3) is 5.56 Å². The Morgan fingerprint density at radius 1 is 1.21 bits per heavy atom. The number of hydrogen-bond donors (Lipinski definition) is 2. The van der Waals surface area contributed by atoms with Gasteiger partial charge in [-0.1, -0.05) is 6.92 Å². The van der Waals surface area contributed by atoms with Crippen LogP contribution in [0.25, 0.3) is 10.9 Å². The Hall–Kier alpha value is -2.52. The molecule has 1 aliphatic carbocycles. The molecule has 1 aromatic heterocycles. The molecule has 9 heteroatoms. The molecule has 3 unspecified atom stereocenters. The molecule has 0 amide bonds. The average molecular weight is 403 g/mol. The van der Waals surface area contributed by atoms with Crippen molar-refractivity contribution < 1.29 is 9.47 Å². The fraction of sp³-hybridized carbons (Fsp3) is 0.600. The van der Waals surface area contributed by atoms with E-state index in [4.69, 9.17) is 21.1 Å². The van der Waals surface area contributed by atoms with Gasteiger partial charge in [-0.25, -0.2) is 4.79 Å². The van der Waals surface area contributed by atoms with Crippen LogP contribution < -0.4 is 32.5 Å². The molecule has 2 heterocycles. The van der Waals surface area contributed by atoms with Gasteiger partial charge in [0.15, 0.2) is 5.75 Å². The van der Waals surface area contributed by atoms with Crippen LogP contribution in [0.15, 0.2) is 21.7 Å². The molecule has 158 valence electrons. The van der Waals surface area contributed by atoms with Crippen molar-refractivity contribution in [2.75, 3.05) is 44.7 Å². The van der Waals surface area contributed by atoms with Crippen molar-refractivity contribution in [2.24, 2.45) is 17.6 Å². The van der Waals surface area contributed by atoms with Crippen LogP contribution in [0.2, 0.25) is 0 Å². The third-order valence-corrected chi connectivity index (χ3v) is 6.25. The van der Waals surface area contributed by atoms with E-state index in [2.05, 4.69) is 11.8 Å². The number of fused-ring (bicyclic) bond motifs is 1. The maximum absolute atomic E-state index is 12.8. The first-order chi connectivity index (χ1) is 13.9. The number of rotatable bonds is 6. The number of methoxy groups -OCH3 is 2. The number of hydrogen-bond acceptors (Lipinski definition) is 7. The molecule has 2 aliphatic rings. The first kappa shape index (κ1) is 19.8. The number of nitrogens with two attached hydrogens (primary N) is 2. The topological polar surface area (TPSA) is 118 Å². The van der Waals surface area contributed by atoms with Gasteiger partial charge in [0.2, 0.25) is 0 Å². The maximum Gasteiger partial charge on any atom is 0.350 e. The lowest BCUT2D eigenvalue weighted by atomic mass is 9.91. The SMILES string of the molecule is COCC(N)C1CN(c2ccc3c(=O)n(N)c(=O)n(C4CC4)c3c2OC)CC1C. The zero-order valence-corrected chi connectivity index (χ0v) is 17.1. The van der Waals surface area contributed by atoms with Crippen molar-refractivity contribution in [3.05, 3.63) is 33.0 Å². The number of ether oxygens (including phenoxy) is 2. The highest BCUT2D eigenvalue weighted by Gasteiger charge is 2.36. The summed E-state index contributed by atoms with van der Waals surface area (Å²) < 4.78 is 13.3. The van der Waals surface area contributed by atoms with Gasteiger partial charge in [0.05, 0.1) is 24.8 Å². The summed E-state index contributed by atoms with van der Waals surface area (Å²) in [6, 6.07) is 3.61. The summed E-state index contributed by atoms with van der Waals surface area (Å²) in [7, 11) is 3.23. The average Bonchev–Trinajstić information content (AvgIpc) is 3.46. The second-order valence-electron chi connectivity index (χ2n) is 8.24. The predicted octanol–water partition coefficient (Wildman–Crippen LogP) is 0.267. The Kier molecular flexibility index (Phi) is 5.04. The molecule has 4 rings (SSSR count). The molecule has 2 aromatic rings. The standard InChI is InChI=1S/C20H29N5O4/c1-11-8-23(9-14(11)15(21)10-28-2)16-7-6-13-17(18(16)29-3)24(12-4-5-12)20(27)25(22)19(13)26/h6-7,11-12,14-15H,4-5,8-10,21-22H2,1-3H3. The van der Waals surface area contributed by atoms with Crippen LogP contribution in [-0.2, 0) is 4.74 Å². The van der Waals surface area contributed by atoms with E-state index in [1.165, 1.54) is 0 Å². The van der Waals surface area contributed by atoms with Gasteiger partial charge in [0.1, 0.15) is 5.52 Å². The van der Waals surface area contributed by atoms with Gasteiger partial charge in [-0.3, -0.25) is 9.36 Å². The Balaban J connectivity index is 1.85. The van der Waals surface area contributed by atoms with Gasteiger partial charge >= 0.3 is 5.69 Å². The van der Waals surface area contributed by atoms with Crippen molar-refractivity contribution in [2.45, 2.75) is 31.8 Å². The Labute approximate surface area is 168 Å². The summed E-state index contributed by atoms with van der Waals surface area (Å²) in [6.45, 7) is 4.26. The number of anilines is 1. The number of benzene rings is 1. The molecule has 1 saturated heterocycles. The molecule has 1 aromatic carbocycles. The van der Waals surface area contributed by atoms with E-state index in [1.54, 1.807) is 24.9 Å². The molecule has 1 saturated carbocycles. The lowest BCUT2D eigenvalue weighted by Crippen LogP contribution is -2.44. The van der Waals surface area contributed by atoms with Gasteiger partial charge in [-0.2, -0.15) is 4.68 Å². The van der Waals surface area contributed by atoms with Crippen LogP contribution in [0.4, 0.5) is 5.69 Å². The highest BCUT2D eigenvalue weighted by atomic mass is 16.5. The molecule has 2 fully saturated rings. The summed E-state index contributed by atoms with van der Waals surface area (Å²) in [5, 5.41) is 0.388. The first-order valence-electron chi connectivity index (χ1n) is 10.0. The fourth-order valence-electron chi connectivity index (χ4n) is 4.58. The predicted molar refractivity (Wildman–Crippen MR) is 112 cm³/mol. The van der Waals surface area contributed by atoms with Crippen LogP contribution >= 0.6 is 0 Å². The van der Waals surface area contributed by atoms with E-state index in [1.807, 2.05) is 6.07 Å². The highest BCUT2D eigenvalue weighted by Crippen LogP contribution is 2.42. The van der Waals surface area contributed by atoms with Crippen LogP contribution in [0.1, 0.15) is 25.8 Å². The summed E-state index contributed by atoms with van der Waals surface area (Å²) in [4.78, 5) is 27.6. The molecule has 4 N–H and O–H groups in total. The molecule has 1 aliphatic heterocycles. The molecule has 0 spiro atoms. The molecular weight excluding hydrogens is 374 g/mol. The van der Waals surface area contributed by atoms with Gasteiger partial charge in [-0.15, -0.1) is 0 Å². The monoisotopic (exact) mass is 403 g/mol. The number of nitrogens with zero attached hydrogens (tertiary/aromatic N) is 3. The van der Waals surface area contributed by atoms with Crippen LogP contribution in [0, 0.1) is 11.8 Å². The normalized spacial score (nSPS) is 23.0. The second-order valence-corrected chi connectivity index (χ2v) is 8.24. The molecule has 9 nitrogen and oxygen atoms in total. The Bertz CT molecular complexity index is 1040. The van der Waals surface area contributed by atoms with Crippen molar-refractivity contribution in [1.29, 1.82) is 0 Å². The van der Waals surface area contributed by atoms with Gasteiger partial charge in [0, 0.05) is 32.3 Å². The first-order valence-corrected chi connectivity index (χ1v) is 10.0. The van der Waals surface area contributed by atoms with Crippen molar-refractivity contribution in [3.63, 3.8) is 0 Å². The third kappa shape index (κ3) is 3.18. The van der Waals surface area contributed by atoms with E-state index in [0.717, 1.165) is 31.6 Å². The molecular formula is C20H29N5O4. The lowest BCUT2D eigenvalue weighted by molar-refractivity contribution is 0.152. The Morgan fingerprint density at radius 2 is 1.93 bits per heavy atom. The van der Waals surface area contributed by atoms with Crippen LogP contribution in [0.3, 0.4) is 0 Å². The maximum atomic E-state index is 12.8. The van der Waals surface area contributed by atoms with E-state index >= 15 is 0 Å². The minimum atomic E-state index is -0.512. The second kappa shape index (κ2) is 7.38. The quantitative estimate of drug-likeness (QED) is 0.665. The minimum Gasteiger partial charge on any atom is -0.492 e. The largest absolute Gasteiger partial charge is 0.492 e. The summed E-state index contributed by atoms with van der Waals surface area (Å²) in [6.07, 6.45) is 1.77. The third-order valence-electron chi connectivity index (χ3n) is 6.25. The van der Waals surface area contributed by atoms with Crippen molar-refractivity contribution in [1.82, 2.24) is 9.24 Å². The van der Waals surface area contributed by atoms with Crippen molar-refractivity contribution in [3.8, 4) is 5.75 Å². The van der Waals surface area contributed by atoms with E-state index < -0.39 is 11.2 Å². The van der Waals surface area contributed by atoms with Gasteiger partial charge < -0.3 is 25.9 Å². The zero-order valence-electron chi connectivity index (χ0n) is 17.1. The Morgan fingerprint density at radius 3 is 2.55 bits per heavy atom. The van der Waals surface area contributed by atoms with Crippen molar-refractivity contribution >= 4 is 16.6 Å². The molecule has 0 radical (unpaired) electrons. The summed E-state index contributed by atoms with van der Waals surface area (Å²) >= 11 is 0. The van der Waals surface area contributed by atoms with Crippen LogP contribution in [0.5, 0.6) is 5.75 Å². The highest BCUT2D eigenvalue weighted by molar-refractivity contribution is 5.90. The zero-order chi connectivity index (χ0) is 20.9. The number of aromatic nitrogens is 2. The fourth-order valence-corrected chi connectivity index (χ4v) is 4.58. The van der Waals surface area contributed by atoms with E-state index in [0.29, 0.717) is 33.9 Å². The van der Waals surface area contributed by atoms with Crippen LogP contribution in [-0.4, -0.2) is 49.2 Å². The smallest absolute Gasteiger partial charge is 0.350 e. The lowest BCUT2D eigenvalue weighted by Gasteiger charge is -2.25. The number of nitrogen functional groups attached to an aromatic ring is 1. The molecule has 3 atom stereocenters. The summed E-state index contributed by atoms with van der Waals surface area (Å²) in [5.41, 5.74) is 6.70. The molecule has 0 bridgehead atoms. The van der Waals surface area contributed by atoms with Gasteiger partial charge in [-0.05, 0) is 36.8 Å². The summed E-state index contributed by atoms with van der Waals surface area (Å²) in [5.74, 6) is 6.95.